The van der Waals surface area contributed by atoms with E-state index >= 15 is 0 Å². The normalized spacial score (nSPS) is 38.9. The molecule has 2 unspecified atom stereocenters. The molecule has 5 heteroatoms. The first kappa shape index (κ1) is 14.3. The fraction of sp³-hybridized carbons (Fsp3) is 0.857. The highest BCUT2D eigenvalue weighted by molar-refractivity contribution is 5.88. The third kappa shape index (κ3) is 3.08. The standard InChI is InChI=1S/C14H24N2O3/c1-9-4-6-14(7-5-9,13(18)19)16-12(17)10-2-3-11(15)8-10/h9-11H,2-8,15H2,1H3,(H,16,17)(H,18,19). The quantitative estimate of drug-likeness (QED) is 0.718. The van der Waals surface area contributed by atoms with E-state index in [1.165, 1.54) is 0 Å². The molecular formula is C14H24N2O3. The first-order valence-corrected chi connectivity index (χ1v) is 7.24. The Kier molecular flexibility index (Phi) is 4.13. The molecule has 2 atom stereocenters. The second-order valence-electron chi connectivity index (χ2n) is 6.33. The van der Waals surface area contributed by atoms with E-state index in [1.54, 1.807) is 0 Å². The van der Waals surface area contributed by atoms with Crippen LogP contribution in [0.5, 0.6) is 0 Å². The van der Waals surface area contributed by atoms with Crippen molar-refractivity contribution in [2.24, 2.45) is 17.6 Å². The van der Waals surface area contributed by atoms with Crippen molar-refractivity contribution in [1.82, 2.24) is 5.32 Å². The Morgan fingerprint density at radius 3 is 2.32 bits per heavy atom. The van der Waals surface area contributed by atoms with Gasteiger partial charge in [-0.1, -0.05) is 6.92 Å². The third-order valence-electron chi connectivity index (χ3n) is 4.74. The second-order valence-corrected chi connectivity index (χ2v) is 6.33. The van der Waals surface area contributed by atoms with E-state index in [-0.39, 0.29) is 17.9 Å². The number of carboxylic acid groups (broad SMARTS) is 1. The topological polar surface area (TPSA) is 92.4 Å². The van der Waals surface area contributed by atoms with Gasteiger partial charge in [-0.05, 0) is 50.9 Å². The molecule has 0 aromatic heterocycles. The average Bonchev–Trinajstić information content (AvgIpc) is 2.79. The maximum atomic E-state index is 12.2. The van der Waals surface area contributed by atoms with Gasteiger partial charge in [0.25, 0.3) is 0 Å². The van der Waals surface area contributed by atoms with Crippen LogP contribution in [-0.2, 0) is 9.59 Å². The van der Waals surface area contributed by atoms with Crippen LogP contribution in [0.25, 0.3) is 0 Å². The lowest BCUT2D eigenvalue weighted by molar-refractivity contribution is -0.150. The van der Waals surface area contributed by atoms with Crippen LogP contribution in [0.4, 0.5) is 0 Å². The summed E-state index contributed by atoms with van der Waals surface area (Å²) in [6.07, 6.45) is 5.10. The minimum atomic E-state index is -1.05. The summed E-state index contributed by atoms with van der Waals surface area (Å²) < 4.78 is 0. The van der Waals surface area contributed by atoms with Crippen LogP contribution >= 0.6 is 0 Å². The molecule has 0 aliphatic heterocycles. The van der Waals surface area contributed by atoms with Crippen LogP contribution in [0.3, 0.4) is 0 Å². The van der Waals surface area contributed by atoms with E-state index in [0.29, 0.717) is 25.2 Å². The zero-order valence-corrected chi connectivity index (χ0v) is 11.5. The molecule has 0 aromatic carbocycles. The van der Waals surface area contributed by atoms with Crippen molar-refractivity contribution in [3.63, 3.8) is 0 Å². The van der Waals surface area contributed by atoms with Crippen molar-refractivity contribution in [3.8, 4) is 0 Å². The maximum absolute atomic E-state index is 12.2. The number of hydrogen-bond acceptors (Lipinski definition) is 3. The van der Waals surface area contributed by atoms with Crippen molar-refractivity contribution in [3.05, 3.63) is 0 Å². The lowest BCUT2D eigenvalue weighted by atomic mass is 9.77. The van der Waals surface area contributed by atoms with Crippen LogP contribution in [-0.4, -0.2) is 28.6 Å². The molecule has 0 bridgehead atoms. The molecule has 2 fully saturated rings. The summed E-state index contributed by atoms with van der Waals surface area (Å²) in [4.78, 5) is 23.8. The number of hydrogen-bond donors (Lipinski definition) is 3. The van der Waals surface area contributed by atoms with Gasteiger partial charge in [0.1, 0.15) is 5.54 Å². The van der Waals surface area contributed by atoms with E-state index in [9.17, 15) is 14.7 Å². The van der Waals surface area contributed by atoms with E-state index in [2.05, 4.69) is 12.2 Å². The molecule has 5 nitrogen and oxygen atoms in total. The first-order valence-electron chi connectivity index (χ1n) is 7.24. The van der Waals surface area contributed by atoms with Crippen LogP contribution in [0.15, 0.2) is 0 Å². The summed E-state index contributed by atoms with van der Waals surface area (Å²) in [7, 11) is 0. The number of carbonyl (C=O) groups is 2. The number of nitrogens with two attached hydrogens (primary N) is 1. The summed E-state index contributed by atoms with van der Waals surface area (Å²) in [6, 6.07) is 0.0860. The molecule has 0 radical (unpaired) electrons. The van der Waals surface area contributed by atoms with Crippen LogP contribution in [0.2, 0.25) is 0 Å². The zero-order chi connectivity index (χ0) is 14.0. The summed E-state index contributed by atoms with van der Waals surface area (Å²) >= 11 is 0. The molecule has 0 spiro atoms. The number of carbonyl (C=O) groups excluding carboxylic acids is 1. The third-order valence-corrected chi connectivity index (χ3v) is 4.74. The molecular weight excluding hydrogens is 244 g/mol. The molecule has 4 N–H and O–H groups in total. The average molecular weight is 268 g/mol. The van der Waals surface area contributed by atoms with E-state index in [1.807, 2.05) is 0 Å². The molecule has 0 saturated heterocycles. The van der Waals surface area contributed by atoms with Crippen molar-refractivity contribution < 1.29 is 14.7 Å². The minimum Gasteiger partial charge on any atom is -0.480 e. The number of rotatable bonds is 3. The number of aliphatic carboxylic acids is 1. The van der Waals surface area contributed by atoms with Gasteiger partial charge in [0.15, 0.2) is 0 Å². The fourth-order valence-corrected chi connectivity index (χ4v) is 3.24. The molecule has 2 saturated carbocycles. The van der Waals surface area contributed by atoms with Gasteiger partial charge in [-0.15, -0.1) is 0 Å². The van der Waals surface area contributed by atoms with Crippen LogP contribution in [0.1, 0.15) is 51.9 Å². The van der Waals surface area contributed by atoms with Gasteiger partial charge in [0.2, 0.25) is 5.91 Å². The number of carboxylic acids is 1. The molecule has 0 aromatic rings. The van der Waals surface area contributed by atoms with Crippen molar-refractivity contribution in [1.29, 1.82) is 0 Å². The fourth-order valence-electron chi connectivity index (χ4n) is 3.24. The SMILES string of the molecule is CC1CCC(NC(=O)C2CCC(N)C2)(C(=O)O)CC1. The van der Waals surface area contributed by atoms with E-state index in [4.69, 9.17) is 5.73 Å². The van der Waals surface area contributed by atoms with Gasteiger partial charge in [-0.3, -0.25) is 4.79 Å². The Labute approximate surface area is 113 Å². The highest BCUT2D eigenvalue weighted by Crippen LogP contribution is 2.33. The Hall–Kier alpha value is -1.10. The second kappa shape index (κ2) is 5.49. The van der Waals surface area contributed by atoms with E-state index < -0.39 is 11.5 Å². The smallest absolute Gasteiger partial charge is 0.329 e. The summed E-state index contributed by atoms with van der Waals surface area (Å²) in [5.74, 6) is -0.574. The molecule has 2 aliphatic rings. The van der Waals surface area contributed by atoms with Crippen molar-refractivity contribution >= 4 is 11.9 Å². The Morgan fingerprint density at radius 2 is 1.84 bits per heavy atom. The maximum Gasteiger partial charge on any atom is 0.329 e. The molecule has 2 rings (SSSR count). The van der Waals surface area contributed by atoms with Gasteiger partial charge < -0.3 is 16.2 Å². The minimum absolute atomic E-state index is 0.0860. The Morgan fingerprint density at radius 1 is 1.21 bits per heavy atom. The molecule has 19 heavy (non-hydrogen) atoms. The van der Waals surface area contributed by atoms with Crippen LogP contribution in [0, 0.1) is 11.8 Å². The zero-order valence-electron chi connectivity index (χ0n) is 11.5. The summed E-state index contributed by atoms with van der Waals surface area (Å²) in [6.45, 7) is 2.13. The predicted octanol–water partition coefficient (Wildman–Crippen LogP) is 1.26. The first-order chi connectivity index (χ1) is 8.93. The summed E-state index contributed by atoms with van der Waals surface area (Å²) in [5.41, 5.74) is 4.77. The molecule has 108 valence electrons. The predicted molar refractivity (Wildman–Crippen MR) is 71.5 cm³/mol. The largest absolute Gasteiger partial charge is 0.480 e. The Balaban J connectivity index is 2.01. The van der Waals surface area contributed by atoms with Crippen LogP contribution < -0.4 is 11.1 Å². The molecule has 1 amide bonds. The molecule has 2 aliphatic carbocycles. The lowest BCUT2D eigenvalue weighted by Gasteiger charge is -2.37. The van der Waals surface area contributed by atoms with Crippen molar-refractivity contribution in [2.75, 3.05) is 0 Å². The lowest BCUT2D eigenvalue weighted by Crippen LogP contribution is -2.57. The number of nitrogens with one attached hydrogen (secondary N) is 1. The van der Waals surface area contributed by atoms with Crippen molar-refractivity contribution in [2.45, 2.75) is 63.5 Å². The van der Waals surface area contributed by atoms with Gasteiger partial charge >= 0.3 is 5.97 Å². The number of amides is 1. The Bertz CT molecular complexity index is 362. The van der Waals surface area contributed by atoms with E-state index in [0.717, 1.165) is 25.7 Å². The monoisotopic (exact) mass is 268 g/mol. The van der Waals surface area contributed by atoms with Gasteiger partial charge in [-0.2, -0.15) is 0 Å². The highest BCUT2D eigenvalue weighted by atomic mass is 16.4. The highest BCUT2D eigenvalue weighted by Gasteiger charge is 2.44. The van der Waals surface area contributed by atoms with Gasteiger partial charge in [0, 0.05) is 12.0 Å². The van der Waals surface area contributed by atoms with Gasteiger partial charge in [-0.25, -0.2) is 4.79 Å². The molecule has 0 heterocycles. The summed E-state index contributed by atoms with van der Waals surface area (Å²) in [5, 5.41) is 12.3. The van der Waals surface area contributed by atoms with Gasteiger partial charge in [0.05, 0.1) is 0 Å².